The van der Waals surface area contributed by atoms with Crippen LogP contribution in [-0.2, 0) is 0 Å². The van der Waals surface area contributed by atoms with Gasteiger partial charge in [0.25, 0.3) is 0 Å². The highest BCUT2D eigenvalue weighted by Gasteiger charge is 2.04. The lowest BCUT2D eigenvalue weighted by atomic mass is 10.1. The van der Waals surface area contributed by atoms with Gasteiger partial charge in [-0.1, -0.05) is 0 Å². The Bertz CT molecular complexity index is 373. The highest BCUT2D eigenvalue weighted by Crippen LogP contribution is 2.21. The number of aliphatic hydroxyl groups is 2. The van der Waals surface area contributed by atoms with Crippen molar-refractivity contribution in [1.29, 1.82) is 5.26 Å². The van der Waals surface area contributed by atoms with Crippen molar-refractivity contribution in [3.05, 3.63) is 29.3 Å². The molecule has 15 heavy (non-hydrogen) atoms. The molecule has 0 bridgehead atoms. The van der Waals surface area contributed by atoms with E-state index in [1.165, 1.54) is 11.8 Å². The number of thioether (sulfide) groups is 1. The molecular formula is C11H13NO2S. The Hall–Kier alpha value is -1.02. The molecule has 1 aromatic rings. The van der Waals surface area contributed by atoms with Crippen molar-refractivity contribution in [3.63, 3.8) is 0 Å². The topological polar surface area (TPSA) is 64.2 Å². The quantitative estimate of drug-likeness (QED) is 0.755. The maximum atomic E-state index is 9.17. The van der Waals surface area contributed by atoms with Gasteiger partial charge in [0.2, 0.25) is 0 Å². The average Bonchev–Trinajstić information content (AvgIpc) is 2.26. The molecule has 3 nitrogen and oxygen atoms in total. The van der Waals surface area contributed by atoms with Gasteiger partial charge in [0, 0.05) is 10.6 Å². The molecule has 4 heteroatoms. The third kappa shape index (κ3) is 3.56. The Morgan fingerprint density at radius 2 is 2.27 bits per heavy atom. The first-order valence-electron chi connectivity index (χ1n) is 4.60. The minimum atomic E-state index is -0.689. The van der Waals surface area contributed by atoms with Crippen LogP contribution >= 0.6 is 11.8 Å². The second-order valence-electron chi connectivity index (χ2n) is 3.24. The van der Waals surface area contributed by atoms with Crippen LogP contribution in [0.3, 0.4) is 0 Å². The van der Waals surface area contributed by atoms with E-state index in [4.69, 9.17) is 15.5 Å². The van der Waals surface area contributed by atoms with Crippen molar-refractivity contribution >= 4 is 11.8 Å². The Morgan fingerprint density at radius 3 is 2.80 bits per heavy atom. The van der Waals surface area contributed by atoms with Crippen molar-refractivity contribution in [3.8, 4) is 6.07 Å². The van der Waals surface area contributed by atoms with E-state index in [1.807, 2.05) is 19.1 Å². The lowest BCUT2D eigenvalue weighted by molar-refractivity contribution is 0.113. The normalized spacial score (nSPS) is 12.1. The van der Waals surface area contributed by atoms with E-state index in [9.17, 15) is 0 Å². The third-order valence-corrected chi connectivity index (χ3v) is 3.11. The van der Waals surface area contributed by atoms with Gasteiger partial charge in [0.15, 0.2) is 0 Å². The van der Waals surface area contributed by atoms with Crippen molar-refractivity contribution < 1.29 is 10.2 Å². The number of hydrogen-bond donors (Lipinski definition) is 2. The lowest BCUT2D eigenvalue weighted by Crippen LogP contribution is -2.14. The van der Waals surface area contributed by atoms with E-state index in [2.05, 4.69) is 6.07 Å². The first-order chi connectivity index (χ1) is 7.17. The first-order valence-corrected chi connectivity index (χ1v) is 5.58. The number of rotatable bonds is 4. The summed E-state index contributed by atoms with van der Waals surface area (Å²) in [5.74, 6) is 0.460. The second-order valence-corrected chi connectivity index (χ2v) is 4.33. The summed E-state index contributed by atoms with van der Waals surface area (Å²) < 4.78 is 0. The lowest BCUT2D eigenvalue weighted by Gasteiger charge is -2.07. The summed E-state index contributed by atoms with van der Waals surface area (Å²) in [6.45, 7) is 1.66. The monoisotopic (exact) mass is 223 g/mol. The van der Waals surface area contributed by atoms with E-state index < -0.39 is 6.10 Å². The molecule has 0 radical (unpaired) electrons. The van der Waals surface area contributed by atoms with Crippen LogP contribution in [0.4, 0.5) is 0 Å². The van der Waals surface area contributed by atoms with Crippen molar-refractivity contribution in [2.24, 2.45) is 0 Å². The molecule has 0 fully saturated rings. The van der Waals surface area contributed by atoms with Crippen LogP contribution in [0.15, 0.2) is 23.1 Å². The van der Waals surface area contributed by atoms with Crippen molar-refractivity contribution in [2.75, 3.05) is 12.4 Å². The standard InChI is InChI=1S/C11H13NO2S/c1-8-4-11(3-2-9(8)5-12)15-7-10(14)6-13/h2-4,10,13-14H,6-7H2,1H3. The smallest absolute Gasteiger partial charge is 0.0994 e. The van der Waals surface area contributed by atoms with Gasteiger partial charge in [-0.2, -0.15) is 5.26 Å². The first kappa shape index (κ1) is 12.1. The SMILES string of the molecule is Cc1cc(SCC(O)CO)ccc1C#N. The van der Waals surface area contributed by atoms with Gasteiger partial charge in [-0.15, -0.1) is 11.8 Å². The summed E-state index contributed by atoms with van der Waals surface area (Å²) in [5, 5.41) is 26.5. The zero-order chi connectivity index (χ0) is 11.3. The summed E-state index contributed by atoms with van der Waals surface area (Å²) in [5.41, 5.74) is 1.60. The molecule has 0 spiro atoms. The molecule has 0 aromatic heterocycles. The molecule has 1 atom stereocenters. The molecule has 1 aromatic carbocycles. The number of benzene rings is 1. The molecule has 80 valence electrons. The second kappa shape index (κ2) is 5.76. The number of nitrogens with zero attached hydrogens (tertiary/aromatic N) is 1. The summed E-state index contributed by atoms with van der Waals surface area (Å²) >= 11 is 1.47. The number of nitriles is 1. The fraction of sp³-hybridized carbons (Fsp3) is 0.364. The molecule has 0 saturated heterocycles. The summed E-state index contributed by atoms with van der Waals surface area (Å²) in [6.07, 6.45) is -0.689. The van der Waals surface area contributed by atoms with E-state index in [-0.39, 0.29) is 6.61 Å². The predicted molar refractivity (Wildman–Crippen MR) is 59.7 cm³/mol. The third-order valence-electron chi connectivity index (χ3n) is 1.97. The van der Waals surface area contributed by atoms with Gasteiger partial charge < -0.3 is 10.2 Å². The van der Waals surface area contributed by atoms with Crippen LogP contribution in [0.5, 0.6) is 0 Å². The molecule has 0 heterocycles. The van der Waals surface area contributed by atoms with Crippen LogP contribution in [0, 0.1) is 18.3 Å². The molecule has 0 aliphatic heterocycles. The van der Waals surface area contributed by atoms with E-state index in [0.717, 1.165) is 10.5 Å². The molecule has 0 amide bonds. The fourth-order valence-electron chi connectivity index (χ4n) is 1.10. The zero-order valence-corrected chi connectivity index (χ0v) is 9.29. The van der Waals surface area contributed by atoms with Gasteiger partial charge in [0.05, 0.1) is 24.3 Å². The molecule has 1 rings (SSSR count). The van der Waals surface area contributed by atoms with Gasteiger partial charge in [-0.05, 0) is 30.7 Å². The largest absolute Gasteiger partial charge is 0.394 e. The van der Waals surface area contributed by atoms with Crippen LogP contribution in [-0.4, -0.2) is 28.7 Å². The van der Waals surface area contributed by atoms with Gasteiger partial charge in [-0.3, -0.25) is 0 Å². The summed E-state index contributed by atoms with van der Waals surface area (Å²) in [7, 11) is 0. The number of hydrogen-bond acceptors (Lipinski definition) is 4. The van der Waals surface area contributed by atoms with E-state index in [1.54, 1.807) is 6.07 Å². The summed E-state index contributed by atoms with van der Waals surface area (Å²) in [4.78, 5) is 0.999. The molecular weight excluding hydrogens is 210 g/mol. The average molecular weight is 223 g/mol. The van der Waals surface area contributed by atoms with Crippen LogP contribution < -0.4 is 0 Å². The Labute approximate surface area is 93.4 Å². The van der Waals surface area contributed by atoms with Crippen LogP contribution in [0.1, 0.15) is 11.1 Å². The minimum Gasteiger partial charge on any atom is -0.394 e. The number of aliphatic hydroxyl groups excluding tert-OH is 2. The Morgan fingerprint density at radius 1 is 1.53 bits per heavy atom. The van der Waals surface area contributed by atoms with E-state index >= 15 is 0 Å². The Kier molecular flexibility index (Phi) is 4.63. The highest BCUT2D eigenvalue weighted by atomic mass is 32.2. The number of aryl methyl sites for hydroxylation is 1. The van der Waals surface area contributed by atoms with Gasteiger partial charge in [-0.25, -0.2) is 0 Å². The van der Waals surface area contributed by atoms with Crippen LogP contribution in [0.2, 0.25) is 0 Å². The molecule has 2 N–H and O–H groups in total. The molecule has 0 aliphatic carbocycles. The molecule has 0 saturated carbocycles. The van der Waals surface area contributed by atoms with Crippen molar-refractivity contribution in [1.82, 2.24) is 0 Å². The fourth-order valence-corrected chi connectivity index (χ4v) is 2.01. The van der Waals surface area contributed by atoms with Crippen molar-refractivity contribution in [2.45, 2.75) is 17.9 Å². The highest BCUT2D eigenvalue weighted by molar-refractivity contribution is 7.99. The minimum absolute atomic E-state index is 0.220. The Balaban J connectivity index is 2.64. The predicted octanol–water partition coefficient (Wildman–Crippen LogP) is 1.31. The van der Waals surface area contributed by atoms with Gasteiger partial charge >= 0.3 is 0 Å². The maximum absolute atomic E-state index is 9.17. The zero-order valence-electron chi connectivity index (χ0n) is 8.47. The molecule has 1 unspecified atom stereocenters. The molecule has 0 aliphatic rings. The maximum Gasteiger partial charge on any atom is 0.0994 e. The van der Waals surface area contributed by atoms with Gasteiger partial charge in [0.1, 0.15) is 0 Å². The summed E-state index contributed by atoms with van der Waals surface area (Å²) in [6, 6.07) is 7.62. The van der Waals surface area contributed by atoms with Crippen LogP contribution in [0.25, 0.3) is 0 Å². The van der Waals surface area contributed by atoms with E-state index in [0.29, 0.717) is 11.3 Å².